The van der Waals surface area contributed by atoms with Crippen LogP contribution in [0.25, 0.3) is 16.8 Å². The molecule has 0 aliphatic carbocycles. The number of hydrogen-bond donors (Lipinski definition) is 0. The van der Waals surface area contributed by atoms with E-state index in [1.807, 2.05) is 26.2 Å². The molecular formula is C35H36N2O3. The standard InChI is InChI=1S/C35H36N2O3/c1-36(2)29-16-17-30-25(23-34(38)39-3)22-33-31(32(30)24-29)18-19-35(40-33,26-10-6-4-7-11-26)27-12-14-28(15-13-27)37-20-8-5-9-21-37/h4,6-7,10-19,22,24H,5,8-9,20-21,23H2,1-3H3. The summed E-state index contributed by atoms with van der Waals surface area (Å²) >= 11 is 0. The molecule has 1 atom stereocenters. The lowest BCUT2D eigenvalue weighted by molar-refractivity contribution is -0.139. The maximum Gasteiger partial charge on any atom is 0.310 e. The minimum absolute atomic E-state index is 0.178. The zero-order chi connectivity index (χ0) is 27.7. The van der Waals surface area contributed by atoms with Crippen molar-refractivity contribution < 1.29 is 14.3 Å². The van der Waals surface area contributed by atoms with Crippen molar-refractivity contribution in [3.8, 4) is 5.75 Å². The summed E-state index contributed by atoms with van der Waals surface area (Å²) in [5.41, 5.74) is 5.58. The fourth-order valence-electron chi connectivity index (χ4n) is 6.03. The molecule has 0 spiro atoms. The molecule has 0 radical (unpaired) electrons. The van der Waals surface area contributed by atoms with Crippen molar-refractivity contribution in [3.63, 3.8) is 0 Å². The Morgan fingerprint density at radius 2 is 1.62 bits per heavy atom. The Morgan fingerprint density at radius 1 is 0.900 bits per heavy atom. The Hall–Kier alpha value is -4.25. The van der Waals surface area contributed by atoms with Gasteiger partial charge in [-0.2, -0.15) is 0 Å². The molecule has 2 aliphatic rings. The summed E-state index contributed by atoms with van der Waals surface area (Å²) in [7, 11) is 5.50. The normalized spacial score (nSPS) is 18.2. The topological polar surface area (TPSA) is 42.0 Å². The van der Waals surface area contributed by atoms with E-state index < -0.39 is 5.60 Å². The van der Waals surface area contributed by atoms with Crippen LogP contribution >= 0.6 is 0 Å². The zero-order valence-corrected chi connectivity index (χ0v) is 23.5. The fourth-order valence-corrected chi connectivity index (χ4v) is 6.03. The van der Waals surface area contributed by atoms with Gasteiger partial charge in [-0.15, -0.1) is 0 Å². The summed E-state index contributed by atoms with van der Waals surface area (Å²) in [6.45, 7) is 2.22. The molecule has 204 valence electrons. The first-order valence-electron chi connectivity index (χ1n) is 14.1. The van der Waals surface area contributed by atoms with Gasteiger partial charge in [0.1, 0.15) is 5.75 Å². The first-order chi connectivity index (χ1) is 19.5. The van der Waals surface area contributed by atoms with Gasteiger partial charge in [0.15, 0.2) is 5.60 Å². The third kappa shape index (κ3) is 4.70. The largest absolute Gasteiger partial charge is 0.473 e. The molecule has 0 saturated carbocycles. The molecule has 5 heteroatoms. The molecule has 1 fully saturated rings. The highest BCUT2D eigenvalue weighted by molar-refractivity contribution is 5.99. The quantitative estimate of drug-likeness (QED) is 0.251. The van der Waals surface area contributed by atoms with E-state index in [0.717, 1.165) is 57.6 Å². The van der Waals surface area contributed by atoms with E-state index in [1.54, 1.807) is 0 Å². The molecule has 2 aliphatic heterocycles. The van der Waals surface area contributed by atoms with E-state index in [0.29, 0.717) is 0 Å². The van der Waals surface area contributed by atoms with E-state index in [-0.39, 0.29) is 12.4 Å². The van der Waals surface area contributed by atoms with Gasteiger partial charge in [0.2, 0.25) is 0 Å². The number of carbonyl (C=O) groups excluding carboxylic acids is 1. The molecular weight excluding hydrogens is 496 g/mol. The molecule has 0 amide bonds. The second kappa shape index (κ2) is 10.7. The zero-order valence-electron chi connectivity index (χ0n) is 23.5. The SMILES string of the molecule is COC(=O)Cc1cc2c(c3cc(N(C)C)ccc13)C=CC(c1ccccc1)(c1ccc(N3CCCCC3)cc1)O2. The first-order valence-corrected chi connectivity index (χ1v) is 14.1. The van der Waals surface area contributed by atoms with Crippen molar-refractivity contribution in [2.24, 2.45) is 0 Å². The van der Waals surface area contributed by atoms with Crippen LogP contribution in [0.3, 0.4) is 0 Å². The lowest BCUT2D eigenvalue weighted by atomic mass is 9.82. The Bertz CT molecular complexity index is 1550. The van der Waals surface area contributed by atoms with Crippen molar-refractivity contribution in [1.29, 1.82) is 0 Å². The average Bonchev–Trinajstić information content (AvgIpc) is 3.01. The minimum atomic E-state index is -0.802. The molecule has 4 aromatic rings. The van der Waals surface area contributed by atoms with Gasteiger partial charge >= 0.3 is 5.97 Å². The summed E-state index contributed by atoms with van der Waals surface area (Å²) in [5.74, 6) is 0.487. The van der Waals surface area contributed by atoms with Crippen LogP contribution in [-0.4, -0.2) is 40.3 Å². The predicted octanol–water partition coefficient (Wildman–Crippen LogP) is 6.96. The second-order valence-corrected chi connectivity index (χ2v) is 11.0. The Kier molecular flexibility index (Phi) is 6.97. The van der Waals surface area contributed by atoms with Crippen molar-refractivity contribution in [2.45, 2.75) is 31.3 Å². The maximum atomic E-state index is 12.4. The van der Waals surface area contributed by atoms with Gasteiger partial charge in [0, 0.05) is 55.2 Å². The molecule has 2 heterocycles. The van der Waals surface area contributed by atoms with E-state index in [1.165, 1.54) is 32.1 Å². The number of rotatable bonds is 6. The molecule has 0 aromatic heterocycles. The van der Waals surface area contributed by atoms with Gasteiger partial charge in [0.25, 0.3) is 0 Å². The Labute approximate surface area is 236 Å². The molecule has 40 heavy (non-hydrogen) atoms. The summed E-state index contributed by atoms with van der Waals surface area (Å²) < 4.78 is 12.1. The molecule has 1 saturated heterocycles. The van der Waals surface area contributed by atoms with E-state index >= 15 is 0 Å². The van der Waals surface area contributed by atoms with Gasteiger partial charge in [-0.3, -0.25) is 4.79 Å². The highest BCUT2D eigenvalue weighted by Gasteiger charge is 2.38. The number of fused-ring (bicyclic) bond motifs is 3. The number of esters is 1. The van der Waals surface area contributed by atoms with Crippen molar-refractivity contribution in [2.75, 3.05) is 44.1 Å². The summed E-state index contributed by atoms with van der Waals surface area (Å²) in [6.07, 6.45) is 8.35. The van der Waals surface area contributed by atoms with Crippen LogP contribution in [0.1, 0.15) is 41.5 Å². The summed E-state index contributed by atoms with van der Waals surface area (Å²) in [4.78, 5) is 17.0. The van der Waals surface area contributed by atoms with E-state index in [9.17, 15) is 4.79 Å². The fraction of sp³-hybridized carbons (Fsp3) is 0.286. The second-order valence-electron chi connectivity index (χ2n) is 11.0. The summed E-state index contributed by atoms with van der Waals surface area (Å²) in [6, 6.07) is 27.6. The highest BCUT2D eigenvalue weighted by Crippen LogP contribution is 2.46. The van der Waals surface area contributed by atoms with Crippen molar-refractivity contribution >= 4 is 34.2 Å². The van der Waals surface area contributed by atoms with Crippen LogP contribution in [0.15, 0.2) is 84.9 Å². The Balaban J connectivity index is 1.50. The van der Waals surface area contributed by atoms with Crippen molar-refractivity contribution in [1.82, 2.24) is 0 Å². The van der Waals surface area contributed by atoms with Crippen LogP contribution in [0.5, 0.6) is 5.75 Å². The van der Waals surface area contributed by atoms with Crippen molar-refractivity contribution in [3.05, 3.63) is 107 Å². The molecule has 5 nitrogen and oxygen atoms in total. The third-order valence-electron chi connectivity index (χ3n) is 8.26. The molecule has 4 aromatic carbocycles. The van der Waals surface area contributed by atoms with Crippen LogP contribution in [-0.2, 0) is 21.6 Å². The van der Waals surface area contributed by atoms with E-state index in [4.69, 9.17) is 9.47 Å². The third-order valence-corrected chi connectivity index (χ3v) is 8.26. The van der Waals surface area contributed by atoms with Gasteiger partial charge in [-0.1, -0.05) is 48.5 Å². The lowest BCUT2D eigenvalue weighted by Crippen LogP contribution is -2.34. The number of nitrogens with zero attached hydrogens (tertiary/aromatic N) is 2. The number of carbonyl (C=O) groups is 1. The number of ether oxygens (including phenoxy) is 2. The van der Waals surface area contributed by atoms with Crippen LogP contribution in [0, 0.1) is 0 Å². The molecule has 6 rings (SSSR count). The average molecular weight is 533 g/mol. The first kappa shape index (κ1) is 26.0. The van der Waals surface area contributed by atoms with Crippen LogP contribution in [0.2, 0.25) is 0 Å². The minimum Gasteiger partial charge on any atom is -0.473 e. The van der Waals surface area contributed by atoms with Gasteiger partial charge in [-0.05, 0) is 78.1 Å². The molecule has 0 bridgehead atoms. The highest BCUT2D eigenvalue weighted by atomic mass is 16.5. The van der Waals surface area contributed by atoms with Crippen LogP contribution in [0.4, 0.5) is 11.4 Å². The molecule has 0 N–H and O–H groups in total. The number of hydrogen-bond acceptors (Lipinski definition) is 5. The van der Waals surface area contributed by atoms with E-state index in [2.05, 4.69) is 88.7 Å². The van der Waals surface area contributed by atoms with Crippen LogP contribution < -0.4 is 14.5 Å². The summed E-state index contributed by atoms with van der Waals surface area (Å²) in [5, 5.41) is 2.09. The lowest BCUT2D eigenvalue weighted by Gasteiger charge is -2.37. The number of anilines is 2. The monoisotopic (exact) mass is 532 g/mol. The number of methoxy groups -OCH3 is 1. The smallest absolute Gasteiger partial charge is 0.310 e. The maximum absolute atomic E-state index is 12.4. The predicted molar refractivity (Wildman–Crippen MR) is 163 cm³/mol. The van der Waals surface area contributed by atoms with Gasteiger partial charge in [-0.25, -0.2) is 0 Å². The van der Waals surface area contributed by atoms with Gasteiger partial charge < -0.3 is 19.3 Å². The molecule has 1 unspecified atom stereocenters. The number of piperidine rings is 1. The number of benzene rings is 4. The van der Waals surface area contributed by atoms with Gasteiger partial charge in [0.05, 0.1) is 13.5 Å². The Morgan fingerprint density at radius 3 is 2.33 bits per heavy atom.